The summed E-state index contributed by atoms with van der Waals surface area (Å²) in [5.41, 5.74) is -1.63. The Morgan fingerprint density at radius 1 is 1.43 bits per heavy atom. The number of thiol groups is 1. The van der Waals surface area contributed by atoms with Crippen molar-refractivity contribution in [1.29, 1.82) is 0 Å². The fraction of sp³-hybridized carbons (Fsp3) is 0.167. The molecule has 9 heteroatoms. The van der Waals surface area contributed by atoms with E-state index in [-0.39, 0.29) is 11.3 Å². The van der Waals surface area contributed by atoms with Gasteiger partial charge >= 0.3 is 5.97 Å². The normalized spacial score (nSPS) is 10.9. The van der Waals surface area contributed by atoms with Gasteiger partial charge < -0.3 is 15.1 Å². The number of halogens is 3. The second kappa shape index (κ2) is 5.32. The van der Waals surface area contributed by atoms with E-state index in [0.29, 0.717) is 6.07 Å². The second-order valence-corrected chi connectivity index (χ2v) is 4.37. The largest absolute Gasteiger partial charge is 0.617 e. The number of ether oxygens (including phenoxy) is 1. The van der Waals surface area contributed by atoms with Crippen LogP contribution in [0.4, 0.5) is 13.2 Å². The molecule has 21 heavy (non-hydrogen) atoms. The van der Waals surface area contributed by atoms with Gasteiger partial charge in [-0.2, -0.15) is 9.12 Å². The molecule has 1 heterocycles. The summed E-state index contributed by atoms with van der Waals surface area (Å²) in [6.45, 7) is 1.42. The van der Waals surface area contributed by atoms with Gasteiger partial charge in [0.15, 0.2) is 17.1 Å². The molecule has 2 aromatic rings. The monoisotopic (exact) mass is 319 g/mol. The highest BCUT2D eigenvalue weighted by atomic mass is 32.1. The molecule has 0 radical (unpaired) electrons. The molecule has 1 aromatic heterocycles. The van der Waals surface area contributed by atoms with Crippen LogP contribution < -0.4 is 4.73 Å². The highest BCUT2D eigenvalue weighted by Gasteiger charge is 2.31. The first-order valence-electron chi connectivity index (χ1n) is 5.63. The minimum Gasteiger partial charge on any atom is -0.617 e. The number of esters is 1. The van der Waals surface area contributed by atoms with Crippen LogP contribution in [0.1, 0.15) is 17.3 Å². The summed E-state index contributed by atoms with van der Waals surface area (Å²) in [5.74, 6) is -7.30. The van der Waals surface area contributed by atoms with E-state index >= 15 is 0 Å². The van der Waals surface area contributed by atoms with Crippen molar-refractivity contribution in [1.82, 2.24) is 0 Å². The molecule has 0 saturated carbocycles. The van der Waals surface area contributed by atoms with Crippen molar-refractivity contribution in [2.75, 3.05) is 6.61 Å². The number of fused-ring (bicyclic) bond motifs is 1. The van der Waals surface area contributed by atoms with Crippen LogP contribution in [-0.2, 0) is 4.74 Å². The van der Waals surface area contributed by atoms with Gasteiger partial charge in [-0.15, -0.1) is 0 Å². The molecule has 0 spiro atoms. The lowest BCUT2D eigenvalue weighted by molar-refractivity contribution is -0.619. The smallest absolute Gasteiger partial charge is 0.349 e. The average Bonchev–Trinajstić information content (AvgIpc) is 2.42. The maximum absolute atomic E-state index is 13.7. The van der Waals surface area contributed by atoms with E-state index in [2.05, 4.69) is 17.4 Å². The fourth-order valence-electron chi connectivity index (χ4n) is 1.80. The first-order valence-corrected chi connectivity index (χ1v) is 6.07. The summed E-state index contributed by atoms with van der Waals surface area (Å²) in [6, 6.07) is 0.410. The van der Waals surface area contributed by atoms with Crippen molar-refractivity contribution in [2.45, 2.75) is 11.9 Å². The van der Waals surface area contributed by atoms with Gasteiger partial charge in [-0.05, 0) is 13.0 Å². The summed E-state index contributed by atoms with van der Waals surface area (Å²) in [6.07, 6.45) is 0. The molecule has 5 nitrogen and oxygen atoms in total. The third kappa shape index (κ3) is 2.23. The van der Waals surface area contributed by atoms with Crippen LogP contribution in [0.25, 0.3) is 10.9 Å². The molecule has 0 bridgehead atoms. The highest BCUT2D eigenvalue weighted by Crippen LogP contribution is 2.33. The molecule has 1 aromatic carbocycles. The number of carbonyl (C=O) groups is 1. The minimum absolute atomic E-state index is 0.0610. The van der Waals surface area contributed by atoms with Crippen LogP contribution in [-0.4, -0.2) is 17.7 Å². The van der Waals surface area contributed by atoms with Gasteiger partial charge in [-0.3, -0.25) is 0 Å². The van der Waals surface area contributed by atoms with Gasteiger partial charge in [0.1, 0.15) is 0 Å². The van der Waals surface area contributed by atoms with Crippen LogP contribution in [0, 0.1) is 22.7 Å². The van der Waals surface area contributed by atoms with E-state index in [1.54, 1.807) is 0 Å². The molecule has 0 aliphatic heterocycles. The topological polar surface area (TPSA) is 73.5 Å². The van der Waals surface area contributed by atoms with Crippen molar-refractivity contribution >= 4 is 29.5 Å². The summed E-state index contributed by atoms with van der Waals surface area (Å²) >= 11 is 3.70. The second-order valence-electron chi connectivity index (χ2n) is 3.94. The Morgan fingerprint density at radius 3 is 2.62 bits per heavy atom. The molecule has 0 saturated heterocycles. The van der Waals surface area contributed by atoms with Crippen molar-refractivity contribution in [3.63, 3.8) is 0 Å². The summed E-state index contributed by atoms with van der Waals surface area (Å²) < 4.78 is 44.5. The number of nitrogens with zero attached hydrogens (tertiary/aromatic N) is 1. The molecule has 1 N–H and O–H groups in total. The predicted molar refractivity (Wildman–Crippen MR) is 67.7 cm³/mol. The lowest BCUT2D eigenvalue weighted by Gasteiger charge is -2.12. The third-order valence-corrected chi connectivity index (χ3v) is 3.13. The Kier molecular flexibility index (Phi) is 3.86. The van der Waals surface area contributed by atoms with Gasteiger partial charge in [-0.25, -0.2) is 13.6 Å². The number of pyridine rings is 1. The number of aromatic nitrogens is 1. The van der Waals surface area contributed by atoms with Gasteiger partial charge in [0.05, 0.1) is 12.0 Å². The number of carbonyl (C=O) groups excluding carboxylic acids is 1. The van der Waals surface area contributed by atoms with Crippen molar-refractivity contribution in [2.24, 2.45) is 0 Å². The van der Waals surface area contributed by atoms with E-state index in [1.165, 1.54) is 6.92 Å². The molecule has 0 aliphatic carbocycles. The first-order chi connectivity index (χ1) is 9.81. The zero-order chi connectivity index (χ0) is 15.9. The molecule has 0 unspecified atom stereocenters. The average molecular weight is 319 g/mol. The lowest BCUT2D eigenvalue weighted by atomic mass is 10.1. The molecular formula is C12H8F3NO4S. The zero-order valence-electron chi connectivity index (χ0n) is 10.5. The molecule has 0 atom stereocenters. The third-order valence-electron chi connectivity index (χ3n) is 2.73. The summed E-state index contributed by atoms with van der Waals surface area (Å²) in [7, 11) is 0. The summed E-state index contributed by atoms with van der Waals surface area (Å²) in [5, 5.41) is 20.5. The van der Waals surface area contributed by atoms with Crippen molar-refractivity contribution < 1.29 is 32.5 Å². The minimum atomic E-state index is -1.87. The van der Waals surface area contributed by atoms with Crippen molar-refractivity contribution in [3.05, 3.63) is 34.3 Å². The van der Waals surface area contributed by atoms with Crippen LogP contribution in [0.5, 0.6) is 5.75 Å². The first kappa shape index (κ1) is 15.2. The Bertz CT molecular complexity index is 766. The van der Waals surface area contributed by atoms with Gasteiger partial charge in [0, 0.05) is 0 Å². The number of hydrogen-bond donors (Lipinski definition) is 2. The Labute approximate surface area is 121 Å². The molecule has 2 rings (SSSR count). The molecule has 0 fully saturated rings. The van der Waals surface area contributed by atoms with Gasteiger partial charge in [-0.1, -0.05) is 12.6 Å². The lowest BCUT2D eigenvalue weighted by Crippen LogP contribution is -2.33. The van der Waals surface area contributed by atoms with E-state index < -0.39 is 50.7 Å². The standard InChI is InChI=1S/C12H8F3NO4S/c1-2-20-12(18)6-10(17)4-3-5(13)7(14)8(15)9(4)16(19)11(6)21/h3,17,21H,2H2,1H3. The van der Waals surface area contributed by atoms with Crippen LogP contribution >= 0.6 is 12.6 Å². The van der Waals surface area contributed by atoms with E-state index in [9.17, 15) is 28.3 Å². The Balaban J connectivity index is 2.94. The Morgan fingerprint density at radius 2 is 2.05 bits per heavy atom. The molecular weight excluding hydrogens is 311 g/mol. The highest BCUT2D eigenvalue weighted by molar-refractivity contribution is 7.80. The molecule has 0 amide bonds. The van der Waals surface area contributed by atoms with Gasteiger partial charge in [0.25, 0.3) is 10.5 Å². The van der Waals surface area contributed by atoms with Crippen LogP contribution in [0.3, 0.4) is 0 Å². The van der Waals surface area contributed by atoms with Crippen LogP contribution in [0.2, 0.25) is 0 Å². The zero-order valence-corrected chi connectivity index (χ0v) is 11.4. The number of rotatable bonds is 2. The maximum Gasteiger partial charge on any atom is 0.349 e. The summed E-state index contributed by atoms with van der Waals surface area (Å²) in [4.78, 5) is 11.7. The SMILES string of the molecule is CCOC(=O)c1c(O)c2cc(F)c(F)c(F)c2[n+]([O-])c1S. The van der Waals surface area contributed by atoms with Gasteiger partial charge in [0.2, 0.25) is 11.6 Å². The van der Waals surface area contributed by atoms with E-state index in [4.69, 9.17) is 0 Å². The number of benzene rings is 1. The number of hydrogen-bond acceptors (Lipinski definition) is 5. The van der Waals surface area contributed by atoms with Crippen LogP contribution in [0.15, 0.2) is 11.1 Å². The molecule has 112 valence electrons. The maximum atomic E-state index is 13.7. The fourth-order valence-corrected chi connectivity index (χ4v) is 2.10. The van der Waals surface area contributed by atoms with E-state index in [0.717, 1.165) is 0 Å². The Hall–Kier alpha value is -2.16. The molecule has 0 aliphatic rings. The van der Waals surface area contributed by atoms with E-state index in [1.807, 2.05) is 0 Å². The number of aromatic hydroxyl groups is 1. The quantitative estimate of drug-likeness (QED) is 0.292. The van der Waals surface area contributed by atoms with Crippen molar-refractivity contribution in [3.8, 4) is 5.75 Å². The predicted octanol–water partition coefficient (Wildman–Crippen LogP) is 2.06.